The Hall–Kier alpha value is -1.09. The van der Waals surface area contributed by atoms with Gasteiger partial charge >= 0.3 is 4.87 Å². The van der Waals surface area contributed by atoms with Crippen molar-refractivity contribution in [2.45, 2.75) is 0 Å². The molecular formula is C7H4NOS. The maximum atomic E-state index is 10.7. The highest BCUT2D eigenvalue weighted by Gasteiger charge is 1.94. The molecule has 0 aliphatic heterocycles. The third kappa shape index (κ3) is 0.752. The molecule has 1 aromatic carbocycles. The molecule has 1 aromatic heterocycles. The Balaban J connectivity index is 3.01. The van der Waals surface area contributed by atoms with E-state index in [1.54, 1.807) is 12.1 Å². The molecule has 0 aliphatic rings. The Morgan fingerprint density at radius 2 is 2.50 bits per heavy atom. The molecule has 3 heteroatoms. The molecule has 1 radical (unpaired) electrons. The Bertz CT molecular complexity index is 365. The van der Waals surface area contributed by atoms with E-state index in [4.69, 9.17) is 0 Å². The van der Waals surface area contributed by atoms with Crippen molar-refractivity contribution in [3.05, 3.63) is 33.9 Å². The first kappa shape index (κ1) is 5.68. The average molecular weight is 150 g/mol. The van der Waals surface area contributed by atoms with Crippen molar-refractivity contribution < 1.29 is 0 Å². The van der Waals surface area contributed by atoms with Crippen molar-refractivity contribution in [3.63, 3.8) is 0 Å². The molecule has 49 valence electrons. The van der Waals surface area contributed by atoms with Crippen LogP contribution in [0.1, 0.15) is 0 Å². The number of hydrogen-bond acceptors (Lipinski definition) is 2. The van der Waals surface area contributed by atoms with Gasteiger partial charge in [0.05, 0.1) is 10.2 Å². The number of aromatic amines is 1. The standard InChI is InChI=1S/C7H4NOS/c9-7-8-5-3-1-2-4-6(5)10-7/h1,3-4H,(H,8,9). The number of benzene rings is 1. The molecule has 1 N–H and O–H groups in total. The van der Waals surface area contributed by atoms with E-state index in [1.807, 2.05) is 6.07 Å². The van der Waals surface area contributed by atoms with Crippen LogP contribution in [0.4, 0.5) is 0 Å². The molecule has 0 saturated heterocycles. The van der Waals surface area contributed by atoms with E-state index >= 15 is 0 Å². The summed E-state index contributed by atoms with van der Waals surface area (Å²) >= 11 is 1.21. The highest BCUT2D eigenvalue weighted by molar-refractivity contribution is 7.16. The molecule has 0 fully saturated rings. The summed E-state index contributed by atoms with van der Waals surface area (Å²) in [6, 6.07) is 8.33. The molecule has 0 spiro atoms. The number of H-pyrrole nitrogens is 1. The predicted molar refractivity (Wildman–Crippen MR) is 41.3 cm³/mol. The van der Waals surface area contributed by atoms with Gasteiger partial charge in [0.1, 0.15) is 0 Å². The third-order valence-corrected chi connectivity index (χ3v) is 2.11. The number of nitrogens with one attached hydrogen (secondary N) is 1. The van der Waals surface area contributed by atoms with Crippen molar-refractivity contribution in [1.29, 1.82) is 0 Å². The fourth-order valence-electron chi connectivity index (χ4n) is 0.838. The Kier molecular flexibility index (Phi) is 1.11. The summed E-state index contributed by atoms with van der Waals surface area (Å²) in [6.07, 6.45) is 0. The SMILES string of the molecule is O=c1[nH]c2cc[c]cc2s1. The van der Waals surface area contributed by atoms with Crippen molar-refractivity contribution in [2.75, 3.05) is 0 Å². The van der Waals surface area contributed by atoms with Crippen LogP contribution in [-0.4, -0.2) is 4.98 Å². The number of aromatic nitrogens is 1. The van der Waals surface area contributed by atoms with Crippen LogP contribution < -0.4 is 4.87 Å². The smallest absolute Gasteiger partial charge is 0.305 e. The minimum Gasteiger partial charge on any atom is -0.312 e. The van der Waals surface area contributed by atoms with Gasteiger partial charge in [-0.2, -0.15) is 0 Å². The Morgan fingerprint density at radius 3 is 3.30 bits per heavy atom. The lowest BCUT2D eigenvalue weighted by molar-refractivity contribution is 1.41. The van der Waals surface area contributed by atoms with Crippen LogP contribution >= 0.6 is 11.3 Å². The van der Waals surface area contributed by atoms with Crippen molar-refractivity contribution in [2.24, 2.45) is 0 Å². The zero-order valence-electron chi connectivity index (χ0n) is 5.05. The first-order valence-corrected chi connectivity index (χ1v) is 3.67. The molecular weight excluding hydrogens is 146 g/mol. The molecule has 0 aliphatic carbocycles. The van der Waals surface area contributed by atoms with E-state index < -0.39 is 0 Å². The van der Waals surface area contributed by atoms with E-state index in [2.05, 4.69) is 11.1 Å². The van der Waals surface area contributed by atoms with Gasteiger partial charge in [-0.05, 0) is 18.2 Å². The van der Waals surface area contributed by atoms with Gasteiger partial charge in [0.25, 0.3) is 0 Å². The van der Waals surface area contributed by atoms with E-state index in [0.717, 1.165) is 10.2 Å². The van der Waals surface area contributed by atoms with E-state index in [0.29, 0.717) is 0 Å². The summed E-state index contributed by atoms with van der Waals surface area (Å²) in [5.41, 5.74) is 0.897. The summed E-state index contributed by atoms with van der Waals surface area (Å²) in [6.45, 7) is 0. The monoisotopic (exact) mass is 150 g/mol. The third-order valence-electron chi connectivity index (χ3n) is 1.27. The van der Waals surface area contributed by atoms with Crippen LogP contribution in [0.3, 0.4) is 0 Å². The fraction of sp³-hybridized carbons (Fsp3) is 0. The Labute approximate surface area is 61.1 Å². The van der Waals surface area contributed by atoms with Gasteiger partial charge < -0.3 is 4.98 Å². The summed E-state index contributed by atoms with van der Waals surface area (Å²) in [7, 11) is 0. The zero-order chi connectivity index (χ0) is 6.97. The quantitative estimate of drug-likeness (QED) is 0.604. The van der Waals surface area contributed by atoms with Gasteiger partial charge in [-0.3, -0.25) is 4.79 Å². The minimum atomic E-state index is -0.00500. The van der Waals surface area contributed by atoms with Gasteiger partial charge in [-0.25, -0.2) is 0 Å². The highest BCUT2D eigenvalue weighted by Crippen LogP contribution is 2.11. The number of rotatable bonds is 0. The van der Waals surface area contributed by atoms with Gasteiger partial charge in [0, 0.05) is 0 Å². The van der Waals surface area contributed by atoms with Crippen molar-refractivity contribution >= 4 is 21.6 Å². The van der Waals surface area contributed by atoms with Gasteiger partial charge in [-0.1, -0.05) is 17.4 Å². The van der Waals surface area contributed by atoms with Gasteiger partial charge in [0.15, 0.2) is 0 Å². The highest BCUT2D eigenvalue weighted by atomic mass is 32.1. The van der Waals surface area contributed by atoms with E-state index in [9.17, 15) is 4.79 Å². The lowest BCUT2D eigenvalue weighted by Gasteiger charge is -1.80. The van der Waals surface area contributed by atoms with Crippen LogP contribution in [-0.2, 0) is 0 Å². The molecule has 10 heavy (non-hydrogen) atoms. The zero-order valence-corrected chi connectivity index (χ0v) is 5.87. The largest absolute Gasteiger partial charge is 0.312 e. The minimum absolute atomic E-state index is 0.00500. The molecule has 0 saturated carbocycles. The molecule has 0 amide bonds. The van der Waals surface area contributed by atoms with Crippen LogP contribution in [0.5, 0.6) is 0 Å². The molecule has 0 bridgehead atoms. The van der Waals surface area contributed by atoms with Crippen LogP contribution in [0.2, 0.25) is 0 Å². The normalized spacial score (nSPS) is 10.4. The number of thiazole rings is 1. The van der Waals surface area contributed by atoms with Crippen molar-refractivity contribution in [1.82, 2.24) is 4.98 Å². The lowest BCUT2D eigenvalue weighted by Crippen LogP contribution is -1.89. The predicted octanol–water partition coefficient (Wildman–Crippen LogP) is 1.39. The molecule has 2 aromatic rings. The van der Waals surface area contributed by atoms with Gasteiger partial charge in [0.2, 0.25) is 0 Å². The summed E-state index contributed by atoms with van der Waals surface area (Å²) in [4.78, 5) is 13.4. The molecule has 2 rings (SSSR count). The van der Waals surface area contributed by atoms with Gasteiger partial charge in [-0.15, -0.1) is 0 Å². The number of fused-ring (bicyclic) bond motifs is 1. The topological polar surface area (TPSA) is 32.9 Å². The van der Waals surface area contributed by atoms with E-state index in [1.165, 1.54) is 11.3 Å². The Morgan fingerprint density at radius 1 is 1.60 bits per heavy atom. The second kappa shape index (κ2) is 1.95. The fourth-order valence-corrected chi connectivity index (χ4v) is 1.55. The first-order valence-electron chi connectivity index (χ1n) is 2.85. The second-order valence-electron chi connectivity index (χ2n) is 1.94. The summed E-state index contributed by atoms with van der Waals surface area (Å²) in [5.74, 6) is 0. The molecule has 0 unspecified atom stereocenters. The average Bonchev–Trinajstić information content (AvgIpc) is 2.27. The molecule has 0 atom stereocenters. The van der Waals surface area contributed by atoms with Crippen LogP contribution in [0, 0.1) is 6.07 Å². The maximum absolute atomic E-state index is 10.7. The molecule has 2 nitrogen and oxygen atoms in total. The van der Waals surface area contributed by atoms with Crippen molar-refractivity contribution in [3.8, 4) is 0 Å². The number of hydrogen-bond donors (Lipinski definition) is 1. The lowest BCUT2D eigenvalue weighted by atomic mass is 10.3. The maximum Gasteiger partial charge on any atom is 0.305 e. The molecule has 1 heterocycles. The van der Waals surface area contributed by atoms with Crippen LogP contribution in [0.25, 0.3) is 10.2 Å². The summed E-state index contributed by atoms with van der Waals surface area (Å²) < 4.78 is 0.965. The first-order chi connectivity index (χ1) is 4.86. The van der Waals surface area contributed by atoms with Crippen LogP contribution in [0.15, 0.2) is 23.0 Å². The van der Waals surface area contributed by atoms with E-state index in [-0.39, 0.29) is 4.87 Å². The second-order valence-corrected chi connectivity index (χ2v) is 2.95. The summed E-state index contributed by atoms with van der Waals surface area (Å²) in [5, 5.41) is 0.